The summed E-state index contributed by atoms with van der Waals surface area (Å²) in [6.45, 7) is 10.5. The Balaban J connectivity index is 1.52. The Morgan fingerprint density at radius 1 is 1.22 bits per heavy atom. The van der Waals surface area contributed by atoms with Crippen molar-refractivity contribution in [2.75, 3.05) is 52.9 Å². The summed E-state index contributed by atoms with van der Waals surface area (Å²) >= 11 is 13.7. The molecule has 0 atom stereocenters. The van der Waals surface area contributed by atoms with Crippen LogP contribution in [-0.2, 0) is 9.53 Å². The van der Waals surface area contributed by atoms with Crippen LogP contribution in [0.3, 0.4) is 0 Å². The van der Waals surface area contributed by atoms with Crippen LogP contribution in [0.1, 0.15) is 26.2 Å². The Morgan fingerprint density at radius 3 is 2.62 bits per heavy atom. The molecule has 1 aliphatic rings. The summed E-state index contributed by atoms with van der Waals surface area (Å²) in [6, 6.07) is 5.51. The van der Waals surface area contributed by atoms with E-state index >= 15 is 0 Å². The first kappa shape index (κ1) is 26.8. The van der Waals surface area contributed by atoms with E-state index in [-0.39, 0.29) is 12.0 Å². The van der Waals surface area contributed by atoms with Crippen LogP contribution in [-0.4, -0.2) is 79.0 Å². The van der Waals surface area contributed by atoms with Gasteiger partial charge in [-0.25, -0.2) is 9.10 Å². The van der Waals surface area contributed by atoms with E-state index in [0.29, 0.717) is 48.4 Å². The molecule has 0 unspecified atom stereocenters. The van der Waals surface area contributed by atoms with Crippen molar-refractivity contribution in [2.45, 2.75) is 31.1 Å². The zero-order valence-corrected chi connectivity index (χ0v) is 21.1. The lowest BCUT2D eigenvalue weighted by atomic mass is 10.2. The second kappa shape index (κ2) is 14.0. The molecule has 0 bridgehead atoms. The van der Waals surface area contributed by atoms with E-state index in [0.717, 1.165) is 37.4 Å². The summed E-state index contributed by atoms with van der Waals surface area (Å²) in [4.78, 5) is 28.9. The van der Waals surface area contributed by atoms with Gasteiger partial charge >= 0.3 is 6.09 Å². The van der Waals surface area contributed by atoms with Gasteiger partial charge in [0.05, 0.1) is 15.8 Å². The molecule has 1 N–H and O–H groups in total. The Labute approximate surface area is 205 Å². The van der Waals surface area contributed by atoms with Crippen LogP contribution in [0.5, 0.6) is 0 Å². The van der Waals surface area contributed by atoms with Gasteiger partial charge in [0, 0.05) is 50.6 Å². The number of rotatable bonds is 11. The lowest BCUT2D eigenvalue weighted by molar-refractivity contribution is -0.121. The number of halogens is 2. The lowest BCUT2D eigenvalue weighted by Gasteiger charge is -2.34. The highest BCUT2D eigenvalue weighted by Crippen LogP contribution is 2.33. The van der Waals surface area contributed by atoms with Crippen molar-refractivity contribution >= 4 is 47.2 Å². The minimum atomic E-state index is -0.320. The first-order chi connectivity index (χ1) is 15.3. The van der Waals surface area contributed by atoms with E-state index in [9.17, 15) is 9.59 Å². The highest BCUT2D eigenvalue weighted by molar-refractivity contribution is 7.97. The van der Waals surface area contributed by atoms with Gasteiger partial charge in [-0.1, -0.05) is 35.8 Å². The van der Waals surface area contributed by atoms with E-state index in [1.165, 1.54) is 11.9 Å². The van der Waals surface area contributed by atoms with Crippen molar-refractivity contribution in [1.82, 2.24) is 19.4 Å². The van der Waals surface area contributed by atoms with E-state index in [1.807, 2.05) is 23.5 Å². The lowest BCUT2D eigenvalue weighted by Crippen LogP contribution is -2.48. The monoisotopic (exact) mass is 502 g/mol. The van der Waals surface area contributed by atoms with Gasteiger partial charge in [-0.15, -0.1) is 0 Å². The molecule has 1 aromatic carbocycles. The van der Waals surface area contributed by atoms with E-state index in [2.05, 4.69) is 16.8 Å². The fraction of sp³-hybridized carbons (Fsp3) is 0.545. The Kier molecular flexibility index (Phi) is 11.7. The highest BCUT2D eigenvalue weighted by atomic mass is 35.5. The Bertz CT molecular complexity index is 788. The molecule has 1 aromatic rings. The van der Waals surface area contributed by atoms with Crippen molar-refractivity contribution in [1.29, 1.82) is 0 Å². The van der Waals surface area contributed by atoms with Gasteiger partial charge < -0.3 is 15.0 Å². The van der Waals surface area contributed by atoms with Gasteiger partial charge in [0.25, 0.3) is 0 Å². The summed E-state index contributed by atoms with van der Waals surface area (Å²) in [7, 11) is 1.92. The maximum atomic E-state index is 12.1. The first-order valence-electron chi connectivity index (χ1n) is 10.7. The van der Waals surface area contributed by atoms with Gasteiger partial charge in [0.1, 0.15) is 0 Å². The summed E-state index contributed by atoms with van der Waals surface area (Å²) < 4.78 is 7.03. The predicted molar refractivity (Wildman–Crippen MR) is 131 cm³/mol. The number of hydrogen-bond acceptors (Lipinski definition) is 6. The number of nitrogens with zero attached hydrogens (tertiary/aromatic N) is 3. The van der Waals surface area contributed by atoms with Crippen LogP contribution in [0.2, 0.25) is 10.0 Å². The van der Waals surface area contributed by atoms with Crippen molar-refractivity contribution in [3.63, 3.8) is 0 Å². The number of unbranched alkanes of at least 4 members (excludes halogenated alkanes) is 1. The summed E-state index contributed by atoms with van der Waals surface area (Å²) in [5.41, 5.74) is 0. The number of carbonyl (C=O) groups is 2. The van der Waals surface area contributed by atoms with Gasteiger partial charge in [-0.2, -0.15) is 0 Å². The molecule has 1 saturated heterocycles. The van der Waals surface area contributed by atoms with Gasteiger partial charge in [0.2, 0.25) is 5.91 Å². The van der Waals surface area contributed by atoms with Crippen molar-refractivity contribution in [3.8, 4) is 0 Å². The number of piperazine rings is 1. The van der Waals surface area contributed by atoms with E-state index < -0.39 is 0 Å². The second-order valence-electron chi connectivity index (χ2n) is 7.70. The molecule has 1 heterocycles. The number of allylic oxidation sites excluding steroid dienone is 1. The number of amides is 2. The molecule has 0 radical (unpaired) electrons. The smallest absolute Gasteiger partial charge is 0.414 e. The minimum Gasteiger partial charge on any atom is -0.416 e. The van der Waals surface area contributed by atoms with Crippen LogP contribution in [0.4, 0.5) is 4.79 Å². The molecule has 7 nitrogen and oxygen atoms in total. The van der Waals surface area contributed by atoms with Crippen LogP contribution >= 0.6 is 35.1 Å². The molecule has 32 heavy (non-hydrogen) atoms. The number of ether oxygens (including phenoxy) is 1. The van der Waals surface area contributed by atoms with Gasteiger partial charge in [0.15, 0.2) is 0 Å². The quantitative estimate of drug-likeness (QED) is 0.273. The Morgan fingerprint density at radius 2 is 1.94 bits per heavy atom. The third-order valence-corrected chi connectivity index (χ3v) is 6.90. The molecule has 2 amide bonds. The second-order valence-corrected chi connectivity index (χ2v) is 9.73. The minimum absolute atomic E-state index is 0.0410. The summed E-state index contributed by atoms with van der Waals surface area (Å²) in [5, 5.41) is 4.04. The van der Waals surface area contributed by atoms with Crippen molar-refractivity contribution in [3.05, 3.63) is 40.6 Å². The van der Waals surface area contributed by atoms with Crippen LogP contribution in [0, 0.1) is 0 Å². The number of nitrogens with one attached hydrogen (secondary N) is 1. The van der Waals surface area contributed by atoms with Gasteiger partial charge in [-0.3, -0.25) is 9.69 Å². The number of carbonyl (C=O) groups excluding carboxylic acids is 2. The molecule has 178 valence electrons. The number of hydrogen-bond donors (Lipinski definition) is 1. The van der Waals surface area contributed by atoms with E-state index in [4.69, 9.17) is 27.9 Å². The summed E-state index contributed by atoms with van der Waals surface area (Å²) in [6.07, 6.45) is 2.02. The molecular formula is C22H32Cl2N4O3S. The third kappa shape index (κ3) is 9.58. The normalized spacial score (nSPS) is 14.5. The molecule has 0 aromatic heterocycles. The first-order valence-corrected chi connectivity index (χ1v) is 12.2. The topological polar surface area (TPSA) is 65.1 Å². The van der Waals surface area contributed by atoms with Crippen LogP contribution in [0.25, 0.3) is 0 Å². The standard InChI is InChI=1S/C22H32Cl2N4O3S/c1-17(2)31-22(30)28-15-13-27(14-16-28)11-5-4-10-25-20(29)9-12-26(3)32-19-8-6-7-18(23)21(19)24/h6-8H,1,4-5,9-16H2,2-3H3,(H,25,29). The van der Waals surface area contributed by atoms with Crippen LogP contribution in [0.15, 0.2) is 35.4 Å². The fourth-order valence-electron chi connectivity index (χ4n) is 3.17. The maximum absolute atomic E-state index is 12.1. The molecule has 1 fully saturated rings. The zero-order valence-electron chi connectivity index (χ0n) is 18.7. The average Bonchev–Trinajstić information content (AvgIpc) is 2.75. The largest absolute Gasteiger partial charge is 0.416 e. The van der Waals surface area contributed by atoms with Crippen molar-refractivity contribution < 1.29 is 14.3 Å². The maximum Gasteiger partial charge on any atom is 0.414 e. The highest BCUT2D eigenvalue weighted by Gasteiger charge is 2.22. The average molecular weight is 503 g/mol. The molecule has 0 spiro atoms. The van der Waals surface area contributed by atoms with Gasteiger partial charge in [-0.05, 0) is 57.4 Å². The molecule has 0 saturated carbocycles. The molecular weight excluding hydrogens is 471 g/mol. The fourth-order valence-corrected chi connectivity index (χ4v) is 4.48. The molecule has 0 aliphatic carbocycles. The molecule has 10 heteroatoms. The number of benzene rings is 1. The molecule has 2 rings (SSSR count). The predicted octanol–water partition coefficient (Wildman–Crippen LogP) is 4.51. The third-order valence-electron chi connectivity index (χ3n) is 4.94. The van der Waals surface area contributed by atoms with Crippen molar-refractivity contribution in [2.24, 2.45) is 0 Å². The Hall–Kier alpha value is -1.45. The summed E-state index contributed by atoms with van der Waals surface area (Å²) in [5.74, 6) is 0.453. The van der Waals surface area contributed by atoms with E-state index in [1.54, 1.807) is 17.9 Å². The zero-order chi connectivity index (χ0) is 23.5. The SMILES string of the molecule is C=C(C)OC(=O)N1CCN(CCCCNC(=O)CCN(C)Sc2cccc(Cl)c2Cl)CC1. The molecule has 1 aliphatic heterocycles. The van der Waals surface area contributed by atoms with Crippen LogP contribution < -0.4 is 5.32 Å².